The number of H-pyrrole nitrogens is 1. The number of likely N-dealkylation sites (tertiary alicyclic amines) is 1. The summed E-state index contributed by atoms with van der Waals surface area (Å²) in [6.45, 7) is 2.58. The van der Waals surface area contributed by atoms with E-state index in [-0.39, 0.29) is 17.6 Å². The maximum atomic E-state index is 12.7. The summed E-state index contributed by atoms with van der Waals surface area (Å²) in [5.74, 6) is -0.159. The third kappa shape index (κ3) is 3.24. The second-order valence-electron chi connectivity index (χ2n) is 5.80. The number of aryl methyl sites for hydroxylation is 1. The molecule has 3 rings (SSSR count). The Morgan fingerprint density at radius 3 is 2.88 bits per heavy atom. The largest absolute Gasteiger partial charge is 0.432 e. The number of nitrogens with one attached hydrogen (secondary N) is 1. The molecular weight excluding hydrogens is 323 g/mol. The molecule has 1 atom stereocenters. The Labute approximate surface area is 136 Å². The zero-order valence-electron chi connectivity index (χ0n) is 13.0. The molecule has 1 N–H and O–H groups in total. The highest BCUT2D eigenvalue weighted by Gasteiger charge is 2.35. The number of aromatic amines is 1. The molecule has 0 spiro atoms. The lowest BCUT2D eigenvalue weighted by atomic mass is 9.96. The highest BCUT2D eigenvalue weighted by Crippen LogP contribution is 2.31. The van der Waals surface area contributed by atoms with Crippen LogP contribution >= 0.6 is 0 Å². The van der Waals surface area contributed by atoms with Crippen molar-refractivity contribution in [3.8, 4) is 0 Å². The predicted molar refractivity (Wildman–Crippen MR) is 78.2 cm³/mol. The Morgan fingerprint density at radius 1 is 1.42 bits per heavy atom. The normalized spacial score (nSPS) is 18.7. The molecule has 1 unspecified atom stereocenters. The third-order valence-electron chi connectivity index (χ3n) is 4.13. The van der Waals surface area contributed by atoms with Gasteiger partial charge < -0.3 is 9.88 Å². The van der Waals surface area contributed by atoms with Gasteiger partial charge in [0.2, 0.25) is 0 Å². The molecule has 1 aliphatic rings. The van der Waals surface area contributed by atoms with Gasteiger partial charge in [0, 0.05) is 19.0 Å². The van der Waals surface area contributed by atoms with Crippen LogP contribution in [0.3, 0.4) is 0 Å². The van der Waals surface area contributed by atoms with E-state index >= 15 is 0 Å². The summed E-state index contributed by atoms with van der Waals surface area (Å²) in [4.78, 5) is 20.4. The molecular formula is C15H16F3N5O. The molecule has 0 aliphatic carbocycles. The highest BCUT2D eigenvalue weighted by atomic mass is 19.4. The molecule has 128 valence electrons. The number of rotatable bonds is 2. The molecule has 9 heteroatoms. The van der Waals surface area contributed by atoms with E-state index in [0.717, 1.165) is 6.20 Å². The number of carbonyl (C=O) groups excluding carboxylic acids is 1. The molecule has 3 heterocycles. The second-order valence-corrected chi connectivity index (χ2v) is 5.80. The molecule has 0 aromatic carbocycles. The Balaban J connectivity index is 1.76. The van der Waals surface area contributed by atoms with Crippen molar-refractivity contribution < 1.29 is 18.0 Å². The number of halogens is 3. The van der Waals surface area contributed by atoms with Crippen LogP contribution in [0.25, 0.3) is 0 Å². The zero-order chi connectivity index (χ0) is 17.3. The summed E-state index contributed by atoms with van der Waals surface area (Å²) in [7, 11) is 0. The molecule has 6 nitrogen and oxygen atoms in total. The Bertz CT molecular complexity index is 743. The third-order valence-corrected chi connectivity index (χ3v) is 4.13. The quantitative estimate of drug-likeness (QED) is 0.912. The van der Waals surface area contributed by atoms with Gasteiger partial charge in [-0.25, -0.2) is 4.98 Å². The molecule has 1 aliphatic heterocycles. The number of nitrogens with zero attached hydrogens (tertiary/aromatic N) is 4. The number of hydrogen-bond donors (Lipinski definition) is 1. The zero-order valence-corrected chi connectivity index (χ0v) is 13.0. The molecule has 0 saturated carbocycles. The fourth-order valence-electron chi connectivity index (χ4n) is 2.87. The first-order chi connectivity index (χ1) is 11.4. The van der Waals surface area contributed by atoms with Crippen molar-refractivity contribution in [3.05, 3.63) is 41.2 Å². The Kier molecular flexibility index (Phi) is 4.25. The van der Waals surface area contributed by atoms with Crippen molar-refractivity contribution in [2.24, 2.45) is 0 Å². The lowest BCUT2D eigenvalue weighted by Gasteiger charge is -2.32. The van der Waals surface area contributed by atoms with E-state index in [2.05, 4.69) is 20.2 Å². The maximum absolute atomic E-state index is 12.7. The van der Waals surface area contributed by atoms with E-state index in [0.29, 0.717) is 37.2 Å². The minimum absolute atomic E-state index is 0.185. The van der Waals surface area contributed by atoms with Crippen LogP contribution < -0.4 is 0 Å². The van der Waals surface area contributed by atoms with E-state index in [4.69, 9.17) is 0 Å². The summed E-state index contributed by atoms with van der Waals surface area (Å²) in [5.41, 5.74) is 0.123. The highest BCUT2D eigenvalue weighted by molar-refractivity contribution is 5.95. The summed E-state index contributed by atoms with van der Waals surface area (Å²) >= 11 is 0. The fraction of sp³-hybridized carbons (Fsp3) is 0.467. The van der Waals surface area contributed by atoms with Crippen LogP contribution in [0, 0.1) is 6.92 Å². The van der Waals surface area contributed by atoms with Gasteiger partial charge >= 0.3 is 6.18 Å². The van der Waals surface area contributed by atoms with Crippen LogP contribution in [0.2, 0.25) is 0 Å². The number of amides is 1. The second kappa shape index (κ2) is 6.21. The van der Waals surface area contributed by atoms with Crippen molar-refractivity contribution >= 4 is 5.91 Å². The fourth-order valence-corrected chi connectivity index (χ4v) is 2.87. The van der Waals surface area contributed by atoms with E-state index in [1.165, 1.54) is 6.20 Å². The van der Waals surface area contributed by atoms with Gasteiger partial charge in [0.15, 0.2) is 0 Å². The van der Waals surface area contributed by atoms with Crippen LogP contribution in [0.5, 0.6) is 0 Å². The number of piperidine rings is 1. The summed E-state index contributed by atoms with van der Waals surface area (Å²) in [6, 6.07) is 1.60. The van der Waals surface area contributed by atoms with Gasteiger partial charge in [0.1, 0.15) is 11.5 Å². The summed E-state index contributed by atoms with van der Waals surface area (Å²) in [6.07, 6.45) is -0.815. The van der Waals surface area contributed by atoms with Gasteiger partial charge in [0.25, 0.3) is 5.91 Å². The van der Waals surface area contributed by atoms with Gasteiger partial charge in [-0.15, -0.1) is 0 Å². The van der Waals surface area contributed by atoms with Crippen molar-refractivity contribution in [1.29, 1.82) is 0 Å². The van der Waals surface area contributed by atoms with Crippen LogP contribution in [0.1, 0.15) is 46.3 Å². The molecule has 2 aromatic heterocycles. The van der Waals surface area contributed by atoms with Crippen molar-refractivity contribution in [2.45, 2.75) is 31.9 Å². The SMILES string of the molecule is Cc1nnccc1C(=O)N1CCCC(c2ncc(C(F)(F)F)[nH]2)C1. The first-order valence-corrected chi connectivity index (χ1v) is 7.56. The Morgan fingerprint density at radius 2 is 2.21 bits per heavy atom. The number of imidazole rings is 1. The molecule has 24 heavy (non-hydrogen) atoms. The predicted octanol–water partition coefficient (Wildman–Crippen LogP) is 2.55. The number of carbonyl (C=O) groups is 1. The minimum atomic E-state index is -4.45. The lowest BCUT2D eigenvalue weighted by Crippen LogP contribution is -2.39. The van der Waals surface area contributed by atoms with Crippen LogP contribution in [-0.2, 0) is 6.18 Å². The molecule has 1 fully saturated rings. The van der Waals surface area contributed by atoms with Crippen LogP contribution in [-0.4, -0.2) is 44.1 Å². The molecule has 2 aromatic rings. The van der Waals surface area contributed by atoms with Gasteiger partial charge in [-0.3, -0.25) is 4.79 Å². The number of alkyl halides is 3. The van der Waals surface area contributed by atoms with E-state index < -0.39 is 11.9 Å². The first kappa shape index (κ1) is 16.4. The number of aromatic nitrogens is 4. The lowest BCUT2D eigenvalue weighted by molar-refractivity contribution is -0.141. The van der Waals surface area contributed by atoms with Gasteiger partial charge in [-0.05, 0) is 25.8 Å². The van der Waals surface area contributed by atoms with Gasteiger partial charge in [-0.1, -0.05) is 0 Å². The molecule has 1 saturated heterocycles. The molecule has 0 bridgehead atoms. The topological polar surface area (TPSA) is 74.8 Å². The maximum Gasteiger partial charge on any atom is 0.432 e. The van der Waals surface area contributed by atoms with E-state index in [9.17, 15) is 18.0 Å². The molecule has 0 radical (unpaired) electrons. The minimum Gasteiger partial charge on any atom is -0.338 e. The number of hydrogen-bond acceptors (Lipinski definition) is 4. The van der Waals surface area contributed by atoms with E-state index in [1.54, 1.807) is 17.9 Å². The van der Waals surface area contributed by atoms with Crippen molar-refractivity contribution in [3.63, 3.8) is 0 Å². The van der Waals surface area contributed by atoms with Crippen molar-refractivity contribution in [1.82, 2.24) is 25.1 Å². The van der Waals surface area contributed by atoms with Crippen LogP contribution in [0.4, 0.5) is 13.2 Å². The van der Waals surface area contributed by atoms with Crippen LogP contribution in [0.15, 0.2) is 18.5 Å². The summed E-state index contributed by atoms with van der Waals surface area (Å²) in [5, 5.41) is 7.58. The first-order valence-electron chi connectivity index (χ1n) is 7.56. The average Bonchev–Trinajstić information content (AvgIpc) is 3.05. The average molecular weight is 339 g/mol. The summed E-state index contributed by atoms with van der Waals surface area (Å²) < 4.78 is 38.1. The van der Waals surface area contributed by atoms with Gasteiger partial charge in [0.05, 0.1) is 23.7 Å². The standard InChI is InChI=1S/C15H16F3N5O/c1-9-11(4-5-20-22-9)14(24)23-6-2-3-10(8-23)13-19-7-12(21-13)15(16,17)18/h4-5,7,10H,2-3,6,8H2,1H3,(H,19,21). The smallest absolute Gasteiger partial charge is 0.338 e. The monoisotopic (exact) mass is 339 g/mol. The van der Waals surface area contributed by atoms with Crippen molar-refractivity contribution in [2.75, 3.05) is 13.1 Å². The van der Waals surface area contributed by atoms with E-state index in [1.807, 2.05) is 0 Å². The van der Waals surface area contributed by atoms with Gasteiger partial charge in [-0.2, -0.15) is 23.4 Å². The Hall–Kier alpha value is -2.45. The molecule has 1 amide bonds.